The highest BCUT2D eigenvalue weighted by molar-refractivity contribution is 7.98. The number of thioether (sulfide) groups is 1. The molecule has 0 bridgehead atoms. The molecule has 1 atom stereocenters. The molecule has 21 heavy (non-hydrogen) atoms. The van der Waals surface area contributed by atoms with Crippen molar-refractivity contribution in [1.82, 2.24) is 4.90 Å². The van der Waals surface area contributed by atoms with Gasteiger partial charge in [-0.2, -0.15) is 0 Å². The molecule has 0 aromatic heterocycles. The molecule has 0 aliphatic heterocycles. The second kappa shape index (κ2) is 9.34. The van der Waals surface area contributed by atoms with Gasteiger partial charge in [-0.3, -0.25) is 4.79 Å². The second-order valence-electron chi connectivity index (χ2n) is 5.60. The summed E-state index contributed by atoms with van der Waals surface area (Å²) in [7, 11) is 1.85. The van der Waals surface area contributed by atoms with E-state index in [0.29, 0.717) is 12.5 Å². The first-order chi connectivity index (χ1) is 9.36. The lowest BCUT2D eigenvalue weighted by molar-refractivity contribution is 0.0788. The molecule has 0 saturated carbocycles. The Morgan fingerprint density at radius 3 is 2.52 bits per heavy atom. The van der Waals surface area contributed by atoms with Crippen molar-refractivity contribution in [1.29, 1.82) is 0 Å². The third kappa shape index (κ3) is 5.89. The highest BCUT2D eigenvalue weighted by Gasteiger charge is 2.16. The predicted molar refractivity (Wildman–Crippen MR) is 94.6 cm³/mol. The average Bonchev–Trinajstić information content (AvgIpc) is 2.43. The lowest BCUT2D eigenvalue weighted by Gasteiger charge is -2.22. The van der Waals surface area contributed by atoms with E-state index in [0.717, 1.165) is 22.4 Å². The van der Waals surface area contributed by atoms with E-state index in [-0.39, 0.29) is 24.4 Å². The van der Waals surface area contributed by atoms with Crippen LogP contribution in [0.5, 0.6) is 0 Å². The first-order valence-electron chi connectivity index (χ1n) is 7.02. The van der Waals surface area contributed by atoms with Crippen LogP contribution in [0.4, 0.5) is 0 Å². The largest absolute Gasteiger partial charge is 0.342 e. The molecule has 0 aliphatic rings. The van der Waals surface area contributed by atoms with E-state index in [1.54, 1.807) is 16.7 Å². The fourth-order valence-electron chi connectivity index (χ4n) is 1.94. The summed E-state index contributed by atoms with van der Waals surface area (Å²) < 4.78 is 0. The molecule has 1 rings (SSSR count). The lowest BCUT2D eigenvalue weighted by Crippen LogP contribution is -2.34. The molecule has 0 heterocycles. The number of hydrogen-bond acceptors (Lipinski definition) is 3. The Bertz CT molecular complexity index is 466. The van der Waals surface area contributed by atoms with Crippen LogP contribution in [-0.4, -0.2) is 36.7 Å². The normalized spacial score (nSPS) is 12.0. The predicted octanol–water partition coefficient (Wildman–Crippen LogP) is 3.58. The minimum atomic E-state index is 0. The summed E-state index contributed by atoms with van der Waals surface area (Å²) >= 11 is 1.65. The number of carbonyl (C=O) groups is 1. The molecule has 0 fully saturated rings. The minimum absolute atomic E-state index is 0. The van der Waals surface area contributed by atoms with Crippen LogP contribution in [-0.2, 0) is 0 Å². The topological polar surface area (TPSA) is 46.3 Å². The van der Waals surface area contributed by atoms with Gasteiger partial charge in [0, 0.05) is 30.1 Å². The number of carbonyl (C=O) groups excluding carboxylic acids is 1. The summed E-state index contributed by atoms with van der Waals surface area (Å²) in [6.07, 6.45) is 2.85. The van der Waals surface area contributed by atoms with Crippen LogP contribution in [0.2, 0.25) is 0 Å². The molecule has 0 aliphatic carbocycles. The minimum Gasteiger partial charge on any atom is -0.342 e. The van der Waals surface area contributed by atoms with Gasteiger partial charge in [-0.25, -0.2) is 0 Å². The average molecular weight is 331 g/mol. The monoisotopic (exact) mass is 330 g/mol. The number of aryl methyl sites for hydroxylation is 1. The van der Waals surface area contributed by atoms with Crippen molar-refractivity contribution >= 4 is 30.1 Å². The van der Waals surface area contributed by atoms with Crippen molar-refractivity contribution in [3.8, 4) is 0 Å². The lowest BCUT2D eigenvalue weighted by atomic mass is 10.0. The van der Waals surface area contributed by atoms with Gasteiger partial charge in [-0.15, -0.1) is 24.2 Å². The number of amides is 1. The molecule has 2 N–H and O–H groups in total. The van der Waals surface area contributed by atoms with Gasteiger partial charge < -0.3 is 10.6 Å². The number of nitrogens with two attached hydrogens (primary N) is 1. The quantitative estimate of drug-likeness (QED) is 0.811. The zero-order valence-corrected chi connectivity index (χ0v) is 15.2. The Kier molecular flexibility index (Phi) is 9.02. The van der Waals surface area contributed by atoms with Crippen LogP contribution in [0.15, 0.2) is 23.1 Å². The maximum atomic E-state index is 12.5. The maximum Gasteiger partial charge on any atom is 0.253 e. The van der Waals surface area contributed by atoms with Gasteiger partial charge in [0.05, 0.1) is 0 Å². The smallest absolute Gasteiger partial charge is 0.253 e. The van der Waals surface area contributed by atoms with E-state index in [1.807, 2.05) is 38.4 Å². The zero-order valence-electron chi connectivity index (χ0n) is 13.6. The Balaban J connectivity index is 0.00000400. The molecule has 120 valence electrons. The number of hydrogen-bond donors (Lipinski definition) is 1. The van der Waals surface area contributed by atoms with Gasteiger partial charge in [0.2, 0.25) is 0 Å². The molecule has 1 aromatic rings. The summed E-state index contributed by atoms with van der Waals surface area (Å²) in [6, 6.07) is 6.17. The third-order valence-electron chi connectivity index (χ3n) is 3.68. The first-order valence-corrected chi connectivity index (χ1v) is 8.25. The van der Waals surface area contributed by atoms with E-state index >= 15 is 0 Å². The fraction of sp³-hybridized carbons (Fsp3) is 0.562. The van der Waals surface area contributed by atoms with E-state index in [4.69, 9.17) is 5.73 Å². The molecular weight excluding hydrogens is 304 g/mol. The molecule has 1 amide bonds. The molecule has 0 saturated heterocycles. The number of halogens is 1. The molecule has 3 nitrogen and oxygen atoms in total. The summed E-state index contributed by atoms with van der Waals surface area (Å²) in [5, 5.41) is 0. The van der Waals surface area contributed by atoms with Crippen molar-refractivity contribution in [2.45, 2.75) is 38.1 Å². The highest BCUT2D eigenvalue weighted by Crippen LogP contribution is 2.20. The van der Waals surface area contributed by atoms with E-state index < -0.39 is 0 Å². The third-order valence-corrected chi connectivity index (χ3v) is 4.40. The van der Waals surface area contributed by atoms with Crippen LogP contribution >= 0.6 is 24.2 Å². The Morgan fingerprint density at radius 1 is 1.38 bits per heavy atom. The second-order valence-corrected chi connectivity index (χ2v) is 6.48. The van der Waals surface area contributed by atoms with Gasteiger partial charge >= 0.3 is 0 Å². The molecule has 0 spiro atoms. The van der Waals surface area contributed by atoms with Gasteiger partial charge in [0.25, 0.3) is 5.91 Å². The van der Waals surface area contributed by atoms with Crippen LogP contribution in [0.3, 0.4) is 0 Å². The number of benzene rings is 1. The van der Waals surface area contributed by atoms with Crippen LogP contribution in [0.1, 0.15) is 36.2 Å². The summed E-state index contributed by atoms with van der Waals surface area (Å²) in [5.74, 6) is 0.523. The first kappa shape index (κ1) is 20.3. The molecule has 5 heteroatoms. The number of rotatable bonds is 6. The van der Waals surface area contributed by atoms with Crippen LogP contribution in [0, 0.1) is 12.8 Å². The standard InChI is InChI=1S/C16H26N2OS.ClH/c1-11(2)15(17)8-9-18(4)16(19)14-10-13(20-5)7-6-12(14)3;/h6-7,10-11,15H,8-9,17H2,1-5H3;1H. The van der Waals surface area contributed by atoms with Crippen molar-refractivity contribution in [3.05, 3.63) is 29.3 Å². The summed E-state index contributed by atoms with van der Waals surface area (Å²) in [5.41, 5.74) is 7.85. The maximum absolute atomic E-state index is 12.5. The summed E-state index contributed by atoms with van der Waals surface area (Å²) in [6.45, 7) is 6.89. The van der Waals surface area contributed by atoms with Crippen molar-refractivity contribution in [2.24, 2.45) is 11.7 Å². The fourth-order valence-corrected chi connectivity index (χ4v) is 2.38. The highest BCUT2D eigenvalue weighted by atomic mass is 35.5. The Morgan fingerprint density at radius 2 is 2.00 bits per heavy atom. The number of nitrogens with zero attached hydrogens (tertiary/aromatic N) is 1. The van der Waals surface area contributed by atoms with Gasteiger partial charge in [-0.05, 0) is 43.2 Å². The van der Waals surface area contributed by atoms with Crippen molar-refractivity contribution < 1.29 is 4.79 Å². The molecule has 0 radical (unpaired) electrons. The Hall–Kier alpha value is -0.710. The van der Waals surface area contributed by atoms with E-state index in [9.17, 15) is 4.79 Å². The molecule has 1 aromatic carbocycles. The van der Waals surface area contributed by atoms with Crippen molar-refractivity contribution in [2.75, 3.05) is 19.8 Å². The van der Waals surface area contributed by atoms with Gasteiger partial charge in [-0.1, -0.05) is 19.9 Å². The Labute approximate surface area is 139 Å². The van der Waals surface area contributed by atoms with Gasteiger partial charge in [0.1, 0.15) is 0 Å². The van der Waals surface area contributed by atoms with Crippen LogP contribution in [0.25, 0.3) is 0 Å². The summed E-state index contributed by atoms with van der Waals surface area (Å²) in [4.78, 5) is 15.4. The molecule has 1 unspecified atom stereocenters. The van der Waals surface area contributed by atoms with Crippen molar-refractivity contribution in [3.63, 3.8) is 0 Å². The van der Waals surface area contributed by atoms with E-state index in [2.05, 4.69) is 13.8 Å². The van der Waals surface area contributed by atoms with E-state index in [1.165, 1.54) is 0 Å². The van der Waals surface area contributed by atoms with Gasteiger partial charge in [0.15, 0.2) is 0 Å². The zero-order chi connectivity index (χ0) is 15.3. The molecular formula is C16H27ClN2OS. The van der Waals surface area contributed by atoms with Crippen LogP contribution < -0.4 is 5.73 Å². The SMILES string of the molecule is CSc1ccc(C)c(C(=O)N(C)CCC(N)C(C)C)c1.Cl.